The molecule has 130 valence electrons. The predicted molar refractivity (Wildman–Crippen MR) is 98.2 cm³/mol. The number of anilines is 1. The van der Waals surface area contributed by atoms with E-state index in [9.17, 15) is 14.0 Å². The fourth-order valence-electron chi connectivity index (χ4n) is 2.72. The van der Waals surface area contributed by atoms with Crippen molar-refractivity contribution in [3.05, 3.63) is 63.3 Å². The van der Waals surface area contributed by atoms with Crippen LogP contribution in [0.3, 0.4) is 0 Å². The van der Waals surface area contributed by atoms with Crippen molar-refractivity contribution in [2.24, 2.45) is 0 Å². The summed E-state index contributed by atoms with van der Waals surface area (Å²) in [5.74, 6) is -0.846. The highest BCUT2D eigenvalue weighted by molar-refractivity contribution is 9.10. The van der Waals surface area contributed by atoms with Crippen LogP contribution in [0.2, 0.25) is 5.02 Å². The summed E-state index contributed by atoms with van der Waals surface area (Å²) < 4.78 is 14.3. The highest BCUT2D eigenvalue weighted by atomic mass is 79.9. The molecule has 0 radical (unpaired) electrons. The van der Waals surface area contributed by atoms with Gasteiger partial charge in [-0.3, -0.25) is 14.5 Å². The number of carbonyl (C=O) groups excluding carboxylic acids is 2. The summed E-state index contributed by atoms with van der Waals surface area (Å²) in [6, 6.07) is 11.1. The van der Waals surface area contributed by atoms with E-state index in [2.05, 4.69) is 15.9 Å². The first-order chi connectivity index (χ1) is 12.0. The summed E-state index contributed by atoms with van der Waals surface area (Å²) in [4.78, 5) is 28.0. The molecule has 1 aliphatic rings. The molecule has 7 heteroatoms. The van der Waals surface area contributed by atoms with Gasteiger partial charge in [-0.2, -0.15) is 0 Å². The molecule has 0 unspecified atom stereocenters. The molecule has 2 aromatic carbocycles. The highest BCUT2D eigenvalue weighted by Crippen LogP contribution is 2.26. The zero-order valence-corrected chi connectivity index (χ0v) is 15.6. The maximum Gasteiger partial charge on any atom is 0.259 e. The van der Waals surface area contributed by atoms with Gasteiger partial charge in [0.1, 0.15) is 12.5 Å². The maximum atomic E-state index is 13.5. The summed E-state index contributed by atoms with van der Waals surface area (Å²) in [5.41, 5.74) is 0.901. The summed E-state index contributed by atoms with van der Waals surface area (Å²) >= 11 is 9.23. The molecular formula is C18H15BrClFN2O2. The number of rotatable bonds is 4. The van der Waals surface area contributed by atoms with Crippen LogP contribution in [-0.4, -0.2) is 29.9 Å². The number of carbonyl (C=O) groups is 2. The molecule has 0 atom stereocenters. The molecule has 1 aliphatic heterocycles. The van der Waals surface area contributed by atoms with E-state index in [0.29, 0.717) is 24.2 Å². The average molecular weight is 426 g/mol. The first-order valence-corrected chi connectivity index (χ1v) is 8.93. The Morgan fingerprint density at radius 1 is 1.28 bits per heavy atom. The van der Waals surface area contributed by atoms with E-state index in [1.165, 1.54) is 23.1 Å². The van der Waals surface area contributed by atoms with Crippen LogP contribution in [0, 0.1) is 5.82 Å². The molecule has 3 rings (SSSR count). The monoisotopic (exact) mass is 424 g/mol. The average Bonchev–Trinajstić information content (AvgIpc) is 2.99. The second kappa shape index (κ2) is 7.54. The van der Waals surface area contributed by atoms with Gasteiger partial charge >= 0.3 is 0 Å². The Hall–Kier alpha value is -1.92. The summed E-state index contributed by atoms with van der Waals surface area (Å²) in [6.07, 6.45) is 1.24. The van der Waals surface area contributed by atoms with E-state index in [1.54, 1.807) is 23.1 Å². The Labute approximate surface area is 158 Å². The van der Waals surface area contributed by atoms with Gasteiger partial charge in [0.15, 0.2) is 0 Å². The largest absolute Gasteiger partial charge is 0.324 e. The molecule has 0 saturated carbocycles. The molecule has 0 bridgehead atoms. The van der Waals surface area contributed by atoms with Crippen molar-refractivity contribution in [1.29, 1.82) is 0 Å². The van der Waals surface area contributed by atoms with Crippen molar-refractivity contribution < 1.29 is 14.0 Å². The molecule has 1 heterocycles. The smallest absolute Gasteiger partial charge is 0.259 e. The van der Waals surface area contributed by atoms with Crippen LogP contribution in [-0.2, 0) is 4.79 Å². The van der Waals surface area contributed by atoms with E-state index in [4.69, 9.17) is 11.6 Å². The lowest BCUT2D eigenvalue weighted by atomic mass is 10.2. The molecule has 0 spiro atoms. The molecule has 1 fully saturated rings. The van der Waals surface area contributed by atoms with Crippen molar-refractivity contribution in [3.8, 4) is 0 Å². The fraction of sp³-hybridized carbons (Fsp3) is 0.222. The third-order valence-corrected chi connectivity index (χ3v) is 4.80. The first-order valence-electron chi connectivity index (χ1n) is 7.76. The summed E-state index contributed by atoms with van der Waals surface area (Å²) in [7, 11) is 0. The Kier molecular flexibility index (Phi) is 5.39. The van der Waals surface area contributed by atoms with Gasteiger partial charge in [0, 0.05) is 28.7 Å². The van der Waals surface area contributed by atoms with Crippen molar-refractivity contribution in [2.75, 3.05) is 18.1 Å². The third-order valence-electron chi connectivity index (χ3n) is 4.02. The number of hydrogen-bond donors (Lipinski definition) is 0. The van der Waals surface area contributed by atoms with Gasteiger partial charge in [0.05, 0.1) is 5.02 Å². The topological polar surface area (TPSA) is 40.6 Å². The van der Waals surface area contributed by atoms with Gasteiger partial charge < -0.3 is 4.90 Å². The van der Waals surface area contributed by atoms with Crippen LogP contribution < -0.4 is 4.90 Å². The van der Waals surface area contributed by atoms with Gasteiger partial charge in [-0.05, 0) is 42.8 Å². The lowest BCUT2D eigenvalue weighted by molar-refractivity contribution is -0.127. The van der Waals surface area contributed by atoms with Crippen LogP contribution in [0.5, 0.6) is 0 Å². The molecule has 0 N–H and O–H groups in total. The van der Waals surface area contributed by atoms with E-state index in [-0.39, 0.29) is 23.5 Å². The second-order valence-electron chi connectivity index (χ2n) is 5.74. The molecule has 25 heavy (non-hydrogen) atoms. The minimum Gasteiger partial charge on any atom is -0.324 e. The normalized spacial score (nSPS) is 14.0. The molecular weight excluding hydrogens is 411 g/mol. The zero-order valence-electron chi connectivity index (χ0n) is 13.2. The fourth-order valence-corrected chi connectivity index (χ4v) is 3.29. The van der Waals surface area contributed by atoms with Crippen LogP contribution in [0.4, 0.5) is 10.1 Å². The maximum absolute atomic E-state index is 13.5. The van der Waals surface area contributed by atoms with Gasteiger partial charge in [-0.25, -0.2) is 4.39 Å². The number of likely N-dealkylation sites (tertiary alicyclic amines) is 1. The Balaban J connectivity index is 1.96. The van der Waals surface area contributed by atoms with E-state index in [0.717, 1.165) is 10.9 Å². The number of benzene rings is 2. The van der Waals surface area contributed by atoms with Crippen molar-refractivity contribution in [3.63, 3.8) is 0 Å². The molecule has 2 amide bonds. The summed E-state index contributed by atoms with van der Waals surface area (Å²) in [6.45, 7) is 0.697. The van der Waals surface area contributed by atoms with Crippen molar-refractivity contribution >= 4 is 45.0 Å². The minimum absolute atomic E-state index is 0.000232. The first kappa shape index (κ1) is 17.9. The molecule has 0 aromatic heterocycles. The summed E-state index contributed by atoms with van der Waals surface area (Å²) in [5, 5.41) is -0.0720. The lowest BCUT2D eigenvalue weighted by Gasteiger charge is -2.28. The Bertz CT molecular complexity index is 830. The predicted octanol–water partition coefficient (Wildman–Crippen LogP) is 4.47. The van der Waals surface area contributed by atoms with Gasteiger partial charge in [-0.15, -0.1) is 0 Å². The Morgan fingerprint density at radius 2 is 2.08 bits per heavy atom. The number of amides is 2. The molecule has 1 saturated heterocycles. The second-order valence-corrected chi connectivity index (χ2v) is 7.07. The molecule has 0 aliphatic carbocycles. The lowest BCUT2D eigenvalue weighted by Crippen LogP contribution is -2.42. The van der Waals surface area contributed by atoms with Crippen LogP contribution in [0.1, 0.15) is 23.2 Å². The van der Waals surface area contributed by atoms with E-state index < -0.39 is 5.82 Å². The van der Waals surface area contributed by atoms with Gasteiger partial charge in [0.25, 0.3) is 5.91 Å². The number of halogens is 3. The number of hydrogen-bond acceptors (Lipinski definition) is 2. The zero-order chi connectivity index (χ0) is 18.0. The van der Waals surface area contributed by atoms with Crippen LogP contribution in [0.15, 0.2) is 46.9 Å². The third kappa shape index (κ3) is 4.02. The Morgan fingerprint density at radius 3 is 2.72 bits per heavy atom. The molecule has 2 aromatic rings. The molecule has 4 nitrogen and oxygen atoms in total. The minimum atomic E-state index is -0.558. The highest BCUT2D eigenvalue weighted by Gasteiger charge is 2.26. The van der Waals surface area contributed by atoms with Crippen molar-refractivity contribution in [1.82, 2.24) is 4.90 Å². The van der Waals surface area contributed by atoms with Crippen LogP contribution >= 0.6 is 27.5 Å². The van der Waals surface area contributed by atoms with E-state index >= 15 is 0 Å². The van der Waals surface area contributed by atoms with Crippen molar-refractivity contribution in [2.45, 2.75) is 12.8 Å². The van der Waals surface area contributed by atoms with Crippen LogP contribution in [0.25, 0.3) is 0 Å². The SMILES string of the molecule is O=C1CCCN1CN(C(=O)c1cccc(Br)c1)c1ccc(F)c(Cl)c1. The van der Waals surface area contributed by atoms with E-state index in [1.807, 2.05) is 6.07 Å². The standard InChI is InChI=1S/C18H15BrClFN2O2/c19-13-4-1-3-12(9-13)18(25)23(11-22-8-2-5-17(22)24)14-6-7-16(21)15(20)10-14/h1,3-4,6-7,9-10H,2,5,8,11H2. The van der Waals surface area contributed by atoms with Gasteiger partial charge in [-0.1, -0.05) is 33.6 Å². The number of nitrogens with zero attached hydrogens (tertiary/aromatic N) is 2. The quantitative estimate of drug-likeness (QED) is 0.725. The van der Waals surface area contributed by atoms with Gasteiger partial charge in [0.2, 0.25) is 5.91 Å².